The van der Waals surface area contributed by atoms with Crippen molar-refractivity contribution in [1.29, 1.82) is 0 Å². The Balaban J connectivity index is 1.87. The van der Waals surface area contributed by atoms with Gasteiger partial charge >= 0.3 is 0 Å². The molecule has 1 aromatic heterocycles. The van der Waals surface area contributed by atoms with Gasteiger partial charge in [0.25, 0.3) is 5.91 Å². The molecule has 0 aliphatic heterocycles. The SMILES string of the molecule is C=CCn1c(=NC(=O)c2ccc(OCCCC)cc2)sc2ccccc21. The third-order valence-corrected chi connectivity index (χ3v) is 5.02. The molecule has 1 heterocycles. The zero-order chi connectivity index (χ0) is 18.4. The fourth-order valence-corrected chi connectivity index (χ4v) is 3.63. The van der Waals surface area contributed by atoms with Gasteiger partial charge in [0.2, 0.25) is 0 Å². The number of allylic oxidation sites excluding steroid dienone is 1. The molecule has 0 fully saturated rings. The highest BCUT2D eigenvalue weighted by molar-refractivity contribution is 7.16. The highest BCUT2D eigenvalue weighted by Gasteiger charge is 2.08. The van der Waals surface area contributed by atoms with E-state index in [1.165, 1.54) is 11.3 Å². The summed E-state index contributed by atoms with van der Waals surface area (Å²) in [6.07, 6.45) is 3.92. The third-order valence-electron chi connectivity index (χ3n) is 3.96. The highest BCUT2D eigenvalue weighted by atomic mass is 32.1. The number of carbonyl (C=O) groups is 1. The average Bonchev–Trinajstić information content (AvgIpc) is 3.00. The van der Waals surface area contributed by atoms with Crippen LogP contribution < -0.4 is 9.54 Å². The molecule has 0 atom stereocenters. The summed E-state index contributed by atoms with van der Waals surface area (Å²) in [5, 5.41) is 0. The fourth-order valence-electron chi connectivity index (χ4n) is 2.59. The van der Waals surface area contributed by atoms with Gasteiger partial charge in [0.1, 0.15) is 5.75 Å². The van der Waals surface area contributed by atoms with Crippen molar-refractivity contribution in [2.75, 3.05) is 6.61 Å². The van der Waals surface area contributed by atoms with Crippen LogP contribution in [0.1, 0.15) is 30.1 Å². The molecule has 4 nitrogen and oxygen atoms in total. The van der Waals surface area contributed by atoms with Crippen molar-refractivity contribution in [1.82, 2.24) is 4.57 Å². The summed E-state index contributed by atoms with van der Waals surface area (Å²) in [7, 11) is 0. The molecule has 0 aliphatic carbocycles. The molecule has 26 heavy (non-hydrogen) atoms. The third kappa shape index (κ3) is 4.11. The molecule has 0 saturated heterocycles. The van der Waals surface area contributed by atoms with Crippen molar-refractivity contribution in [3.05, 3.63) is 71.6 Å². The van der Waals surface area contributed by atoms with Crippen LogP contribution in [0.2, 0.25) is 0 Å². The molecule has 3 aromatic rings. The Hall–Kier alpha value is -2.66. The maximum Gasteiger partial charge on any atom is 0.279 e. The lowest BCUT2D eigenvalue weighted by molar-refractivity contribution is 0.0998. The molecular formula is C21H22N2O2S. The number of carbonyl (C=O) groups excluding carboxylic acids is 1. The number of para-hydroxylation sites is 1. The number of fused-ring (bicyclic) bond motifs is 1. The Morgan fingerprint density at radius 1 is 1.23 bits per heavy atom. The molecule has 0 unspecified atom stereocenters. The van der Waals surface area contributed by atoms with Crippen molar-refractivity contribution < 1.29 is 9.53 Å². The van der Waals surface area contributed by atoms with Crippen LogP contribution in [0.3, 0.4) is 0 Å². The standard InChI is InChI=1S/C21H22N2O2S/c1-3-5-15-25-17-12-10-16(11-13-17)20(24)22-21-23(14-4-2)18-8-6-7-9-19(18)26-21/h4,6-13H,2-3,5,14-15H2,1H3. The van der Waals surface area contributed by atoms with Crippen molar-refractivity contribution in [3.8, 4) is 5.75 Å². The average molecular weight is 366 g/mol. The van der Waals surface area contributed by atoms with Gasteiger partial charge in [-0.1, -0.05) is 42.9 Å². The second kappa shape index (κ2) is 8.63. The van der Waals surface area contributed by atoms with E-state index in [4.69, 9.17) is 4.74 Å². The van der Waals surface area contributed by atoms with Crippen LogP contribution in [-0.2, 0) is 6.54 Å². The first-order chi connectivity index (χ1) is 12.7. The van der Waals surface area contributed by atoms with Crippen LogP contribution in [0.4, 0.5) is 0 Å². The summed E-state index contributed by atoms with van der Waals surface area (Å²) in [5.41, 5.74) is 1.61. The summed E-state index contributed by atoms with van der Waals surface area (Å²) in [4.78, 5) is 17.6. The maximum atomic E-state index is 12.6. The Morgan fingerprint density at radius 2 is 2.00 bits per heavy atom. The number of thiazole rings is 1. The summed E-state index contributed by atoms with van der Waals surface area (Å²) < 4.78 is 8.74. The summed E-state index contributed by atoms with van der Waals surface area (Å²) in [6, 6.07) is 15.2. The number of benzene rings is 2. The molecule has 2 aromatic carbocycles. The van der Waals surface area contributed by atoms with E-state index >= 15 is 0 Å². The largest absolute Gasteiger partial charge is 0.494 e. The smallest absolute Gasteiger partial charge is 0.279 e. The van der Waals surface area contributed by atoms with Gasteiger partial charge < -0.3 is 9.30 Å². The van der Waals surface area contributed by atoms with E-state index in [1.54, 1.807) is 12.1 Å². The predicted octanol–water partition coefficient (Wildman–Crippen LogP) is 4.81. The van der Waals surface area contributed by atoms with Gasteiger partial charge in [-0.05, 0) is 42.8 Å². The van der Waals surface area contributed by atoms with Gasteiger partial charge in [-0.15, -0.1) is 6.58 Å². The zero-order valence-corrected chi connectivity index (χ0v) is 15.7. The van der Waals surface area contributed by atoms with Crippen molar-refractivity contribution >= 4 is 27.5 Å². The van der Waals surface area contributed by atoms with E-state index in [0.29, 0.717) is 23.5 Å². The summed E-state index contributed by atoms with van der Waals surface area (Å²) >= 11 is 1.51. The van der Waals surface area contributed by atoms with E-state index in [1.807, 2.05) is 47.0 Å². The fraction of sp³-hybridized carbons (Fsp3) is 0.238. The number of aromatic nitrogens is 1. The first kappa shape index (κ1) is 18.1. The van der Waals surface area contributed by atoms with Gasteiger partial charge in [0.15, 0.2) is 4.80 Å². The molecule has 0 spiro atoms. The molecule has 3 rings (SSSR count). The number of hydrogen-bond acceptors (Lipinski definition) is 3. The van der Waals surface area contributed by atoms with Crippen LogP contribution in [0.25, 0.3) is 10.2 Å². The van der Waals surface area contributed by atoms with E-state index < -0.39 is 0 Å². The number of rotatable bonds is 7. The van der Waals surface area contributed by atoms with Crippen LogP contribution in [0.5, 0.6) is 5.75 Å². The minimum absolute atomic E-state index is 0.255. The van der Waals surface area contributed by atoms with Gasteiger partial charge in [-0.3, -0.25) is 4.79 Å². The quantitative estimate of drug-likeness (QED) is 0.445. The van der Waals surface area contributed by atoms with E-state index in [0.717, 1.165) is 28.8 Å². The molecule has 0 radical (unpaired) electrons. The zero-order valence-electron chi connectivity index (χ0n) is 14.9. The van der Waals surface area contributed by atoms with Crippen LogP contribution in [0.15, 0.2) is 66.2 Å². The van der Waals surface area contributed by atoms with Crippen LogP contribution >= 0.6 is 11.3 Å². The van der Waals surface area contributed by atoms with Crippen molar-refractivity contribution in [2.24, 2.45) is 4.99 Å². The minimum Gasteiger partial charge on any atom is -0.494 e. The number of hydrogen-bond donors (Lipinski definition) is 0. The van der Waals surface area contributed by atoms with E-state index in [-0.39, 0.29) is 5.91 Å². The molecule has 0 bridgehead atoms. The number of ether oxygens (including phenoxy) is 1. The van der Waals surface area contributed by atoms with Crippen LogP contribution in [0, 0.1) is 0 Å². The Morgan fingerprint density at radius 3 is 2.73 bits per heavy atom. The number of nitrogens with zero attached hydrogens (tertiary/aromatic N) is 2. The minimum atomic E-state index is -0.255. The number of amides is 1. The van der Waals surface area contributed by atoms with Gasteiger partial charge in [0, 0.05) is 12.1 Å². The molecule has 0 N–H and O–H groups in total. The number of unbranched alkanes of at least 4 members (excludes halogenated alkanes) is 1. The lowest BCUT2D eigenvalue weighted by atomic mass is 10.2. The Bertz CT molecular complexity index is 968. The Kier molecular flexibility index (Phi) is 6.02. The van der Waals surface area contributed by atoms with E-state index in [2.05, 4.69) is 18.5 Å². The molecular weight excluding hydrogens is 344 g/mol. The second-order valence-electron chi connectivity index (χ2n) is 5.89. The van der Waals surface area contributed by atoms with Crippen molar-refractivity contribution in [3.63, 3.8) is 0 Å². The molecule has 0 aliphatic rings. The lowest BCUT2D eigenvalue weighted by Gasteiger charge is -2.05. The normalized spacial score (nSPS) is 11.7. The van der Waals surface area contributed by atoms with Gasteiger partial charge in [-0.25, -0.2) is 0 Å². The maximum absolute atomic E-state index is 12.6. The van der Waals surface area contributed by atoms with Gasteiger partial charge in [0.05, 0.1) is 16.8 Å². The summed E-state index contributed by atoms with van der Waals surface area (Å²) in [5.74, 6) is 0.521. The molecule has 5 heteroatoms. The van der Waals surface area contributed by atoms with E-state index in [9.17, 15) is 4.79 Å². The Labute approximate surface area is 157 Å². The molecule has 1 amide bonds. The lowest BCUT2D eigenvalue weighted by Crippen LogP contribution is -2.16. The highest BCUT2D eigenvalue weighted by Crippen LogP contribution is 2.17. The topological polar surface area (TPSA) is 43.6 Å². The van der Waals surface area contributed by atoms with Gasteiger partial charge in [-0.2, -0.15) is 4.99 Å². The molecule has 0 saturated carbocycles. The monoisotopic (exact) mass is 366 g/mol. The van der Waals surface area contributed by atoms with Crippen molar-refractivity contribution in [2.45, 2.75) is 26.3 Å². The van der Waals surface area contributed by atoms with Crippen LogP contribution in [-0.4, -0.2) is 17.1 Å². The predicted molar refractivity (Wildman–Crippen MR) is 107 cm³/mol. The molecule has 134 valence electrons. The first-order valence-corrected chi connectivity index (χ1v) is 9.55. The first-order valence-electron chi connectivity index (χ1n) is 8.74. The second-order valence-corrected chi connectivity index (χ2v) is 6.90. The summed E-state index contributed by atoms with van der Waals surface area (Å²) in [6.45, 7) is 7.23.